The predicted molar refractivity (Wildman–Crippen MR) is 120 cm³/mol. The highest BCUT2D eigenvalue weighted by atomic mass is 16.5. The first kappa shape index (κ1) is 20.1. The van der Waals surface area contributed by atoms with Crippen molar-refractivity contribution in [1.82, 2.24) is 5.16 Å². The Morgan fingerprint density at radius 2 is 1.78 bits per heavy atom. The summed E-state index contributed by atoms with van der Waals surface area (Å²) in [5.74, 6) is 0.450. The summed E-state index contributed by atoms with van der Waals surface area (Å²) in [6.45, 7) is 3.34. The molecule has 2 aromatic carbocycles. The van der Waals surface area contributed by atoms with Gasteiger partial charge in [0.1, 0.15) is 5.75 Å². The molecule has 3 aromatic rings. The minimum absolute atomic E-state index is 0.0164. The molecule has 2 heterocycles. The Morgan fingerprint density at radius 1 is 1.09 bits per heavy atom. The molecule has 0 fully saturated rings. The molecule has 7 heteroatoms. The average molecular weight is 429 g/mol. The van der Waals surface area contributed by atoms with Gasteiger partial charge in [0.2, 0.25) is 11.8 Å². The van der Waals surface area contributed by atoms with E-state index in [2.05, 4.69) is 15.8 Å². The van der Waals surface area contributed by atoms with Crippen LogP contribution in [0.4, 0.5) is 11.6 Å². The van der Waals surface area contributed by atoms with Gasteiger partial charge in [-0.2, -0.15) is 0 Å². The van der Waals surface area contributed by atoms with Crippen molar-refractivity contribution in [2.24, 2.45) is 0 Å². The van der Waals surface area contributed by atoms with Gasteiger partial charge in [-0.25, -0.2) is 0 Å². The fourth-order valence-electron chi connectivity index (χ4n) is 4.75. The number of phenolic OH excluding ortho intramolecular Hbond substituents is 1. The SMILES string of the molecule is CC(=O)Nc1ccc([C@H]2C3=C(C[C@H](c4ccc(O)cc4)CC3=O)Nc3onc(C)c32)cc1. The van der Waals surface area contributed by atoms with Gasteiger partial charge in [-0.1, -0.05) is 29.4 Å². The van der Waals surface area contributed by atoms with Gasteiger partial charge in [-0.15, -0.1) is 0 Å². The molecule has 1 aliphatic heterocycles. The number of carbonyl (C=O) groups excluding carboxylic acids is 2. The summed E-state index contributed by atoms with van der Waals surface area (Å²) in [4.78, 5) is 24.8. The summed E-state index contributed by atoms with van der Waals surface area (Å²) >= 11 is 0. The van der Waals surface area contributed by atoms with Gasteiger partial charge in [0, 0.05) is 36.2 Å². The number of benzene rings is 2. The smallest absolute Gasteiger partial charge is 0.233 e. The molecule has 7 nitrogen and oxygen atoms in total. The molecule has 0 saturated heterocycles. The highest BCUT2D eigenvalue weighted by molar-refractivity contribution is 6.01. The number of ketones is 1. The van der Waals surface area contributed by atoms with E-state index in [1.807, 2.05) is 43.3 Å². The average Bonchev–Trinajstić information content (AvgIpc) is 3.13. The Morgan fingerprint density at radius 3 is 2.47 bits per heavy atom. The molecular formula is C25H23N3O4. The predicted octanol–water partition coefficient (Wildman–Crippen LogP) is 4.61. The topological polar surface area (TPSA) is 104 Å². The van der Waals surface area contributed by atoms with Gasteiger partial charge >= 0.3 is 0 Å². The maximum Gasteiger partial charge on any atom is 0.233 e. The first-order valence-corrected chi connectivity index (χ1v) is 10.6. The van der Waals surface area contributed by atoms with Crippen molar-refractivity contribution < 1.29 is 19.2 Å². The number of allylic oxidation sites excluding steroid dienone is 2. The molecule has 0 unspecified atom stereocenters. The second-order valence-electron chi connectivity index (χ2n) is 8.38. The van der Waals surface area contributed by atoms with Gasteiger partial charge in [-0.3, -0.25) is 9.59 Å². The lowest BCUT2D eigenvalue weighted by Gasteiger charge is -2.34. The number of Topliss-reactive ketones (excluding diaryl/α,β-unsaturated/α-hetero) is 1. The number of fused-ring (bicyclic) bond motifs is 1. The number of aryl methyl sites for hydroxylation is 1. The molecule has 0 saturated carbocycles. The number of amides is 1. The van der Waals surface area contributed by atoms with Gasteiger partial charge in [0.15, 0.2) is 5.78 Å². The Kier molecular flexibility index (Phi) is 4.81. The van der Waals surface area contributed by atoms with E-state index in [1.165, 1.54) is 6.92 Å². The van der Waals surface area contributed by atoms with Crippen molar-refractivity contribution in [2.45, 2.75) is 38.5 Å². The van der Waals surface area contributed by atoms with Gasteiger partial charge in [0.25, 0.3) is 0 Å². The van der Waals surface area contributed by atoms with Gasteiger partial charge < -0.3 is 20.3 Å². The monoisotopic (exact) mass is 429 g/mol. The first-order valence-electron chi connectivity index (χ1n) is 10.6. The zero-order chi connectivity index (χ0) is 22.4. The van der Waals surface area contributed by atoms with E-state index in [9.17, 15) is 14.7 Å². The van der Waals surface area contributed by atoms with E-state index in [1.54, 1.807) is 12.1 Å². The summed E-state index contributed by atoms with van der Waals surface area (Å²) in [5.41, 5.74) is 5.85. The maximum atomic E-state index is 13.5. The number of anilines is 2. The molecule has 1 aliphatic carbocycles. The summed E-state index contributed by atoms with van der Waals surface area (Å²) in [5, 5.41) is 19.8. The zero-order valence-corrected chi connectivity index (χ0v) is 17.8. The van der Waals surface area contributed by atoms with Crippen molar-refractivity contribution in [3.05, 3.63) is 82.2 Å². The van der Waals surface area contributed by atoms with Crippen LogP contribution in [0.2, 0.25) is 0 Å². The standard InChI is InChI=1S/C25H23N3O4/c1-13-22-23(16-3-7-18(8-4-16)26-14(2)29)24-20(27-25(22)32-28-13)11-17(12-21(24)31)15-5-9-19(30)10-6-15/h3-10,17,23,27,30H,11-12H2,1-2H3,(H,26,29)/t17-,23+/m0/s1. The van der Waals surface area contributed by atoms with E-state index in [-0.39, 0.29) is 29.3 Å². The highest BCUT2D eigenvalue weighted by Crippen LogP contribution is 2.49. The van der Waals surface area contributed by atoms with E-state index < -0.39 is 0 Å². The summed E-state index contributed by atoms with van der Waals surface area (Å²) in [7, 11) is 0. The third-order valence-electron chi connectivity index (χ3n) is 6.19. The number of nitrogens with one attached hydrogen (secondary N) is 2. The number of phenols is 1. The van der Waals surface area contributed by atoms with Gasteiger partial charge in [0.05, 0.1) is 11.3 Å². The van der Waals surface area contributed by atoms with Crippen LogP contribution >= 0.6 is 0 Å². The third kappa shape index (κ3) is 3.45. The Bertz CT molecular complexity index is 1240. The van der Waals surface area contributed by atoms with Crippen LogP contribution in [0.5, 0.6) is 5.75 Å². The van der Waals surface area contributed by atoms with Crippen LogP contribution in [0.15, 0.2) is 64.3 Å². The van der Waals surface area contributed by atoms with Crippen LogP contribution in [-0.2, 0) is 9.59 Å². The zero-order valence-electron chi connectivity index (χ0n) is 17.8. The number of carbonyl (C=O) groups is 2. The van der Waals surface area contributed by atoms with Crippen molar-refractivity contribution in [1.29, 1.82) is 0 Å². The minimum atomic E-state index is -0.285. The molecule has 1 aromatic heterocycles. The molecule has 0 radical (unpaired) electrons. The fraction of sp³-hybridized carbons (Fsp3) is 0.240. The summed E-state index contributed by atoms with van der Waals surface area (Å²) < 4.78 is 5.56. The van der Waals surface area contributed by atoms with Crippen LogP contribution in [0, 0.1) is 6.92 Å². The largest absolute Gasteiger partial charge is 0.508 e. The van der Waals surface area contributed by atoms with Gasteiger partial charge in [-0.05, 0) is 54.7 Å². The van der Waals surface area contributed by atoms with Crippen LogP contribution < -0.4 is 10.6 Å². The second-order valence-corrected chi connectivity index (χ2v) is 8.38. The quantitative estimate of drug-likeness (QED) is 0.562. The molecule has 5 rings (SSSR count). The molecule has 2 atom stereocenters. The normalized spacial score (nSPS) is 19.8. The summed E-state index contributed by atoms with van der Waals surface area (Å²) in [6.07, 6.45) is 1.05. The number of rotatable bonds is 3. The lowest BCUT2D eigenvalue weighted by atomic mass is 9.72. The number of nitrogens with zero attached hydrogens (tertiary/aromatic N) is 1. The van der Waals surface area contributed by atoms with E-state index >= 15 is 0 Å². The molecular weight excluding hydrogens is 406 g/mol. The van der Waals surface area contributed by atoms with Crippen molar-refractivity contribution in [3.63, 3.8) is 0 Å². The van der Waals surface area contributed by atoms with E-state index in [0.29, 0.717) is 24.4 Å². The van der Waals surface area contributed by atoms with Crippen molar-refractivity contribution in [2.75, 3.05) is 10.6 Å². The molecule has 2 aliphatic rings. The maximum absolute atomic E-state index is 13.5. The number of hydrogen-bond donors (Lipinski definition) is 3. The summed E-state index contributed by atoms with van der Waals surface area (Å²) in [6, 6.07) is 14.6. The Balaban J connectivity index is 1.56. The lowest BCUT2D eigenvalue weighted by Crippen LogP contribution is -2.29. The Hall–Kier alpha value is -3.87. The van der Waals surface area contributed by atoms with Crippen molar-refractivity contribution in [3.8, 4) is 5.75 Å². The Labute approximate surface area is 185 Å². The van der Waals surface area contributed by atoms with E-state index in [0.717, 1.165) is 33.7 Å². The number of hydrogen-bond acceptors (Lipinski definition) is 6. The van der Waals surface area contributed by atoms with Crippen molar-refractivity contribution >= 4 is 23.3 Å². The van der Waals surface area contributed by atoms with Crippen LogP contribution in [0.25, 0.3) is 0 Å². The molecule has 0 bridgehead atoms. The molecule has 1 amide bonds. The van der Waals surface area contributed by atoms with E-state index in [4.69, 9.17) is 4.52 Å². The molecule has 0 spiro atoms. The molecule has 162 valence electrons. The molecule has 3 N–H and O–H groups in total. The van der Waals surface area contributed by atoms with Crippen LogP contribution in [0.3, 0.4) is 0 Å². The minimum Gasteiger partial charge on any atom is -0.508 e. The fourth-order valence-corrected chi connectivity index (χ4v) is 4.75. The van der Waals surface area contributed by atoms with Crippen LogP contribution in [0.1, 0.15) is 54.0 Å². The first-order chi connectivity index (χ1) is 15.4. The third-order valence-corrected chi connectivity index (χ3v) is 6.19. The lowest BCUT2D eigenvalue weighted by molar-refractivity contribution is -0.116. The van der Waals surface area contributed by atoms with Crippen LogP contribution in [-0.4, -0.2) is 22.0 Å². The number of aromatic nitrogens is 1. The highest BCUT2D eigenvalue weighted by Gasteiger charge is 2.41. The second kappa shape index (κ2) is 7.67. The molecule has 32 heavy (non-hydrogen) atoms. The number of aromatic hydroxyl groups is 1.